The fraction of sp³-hybridized carbons (Fsp3) is 0.444. The van der Waals surface area contributed by atoms with E-state index in [4.69, 9.17) is 0 Å². The molecule has 0 saturated carbocycles. The fourth-order valence-electron chi connectivity index (χ4n) is 3.09. The Hall–Kier alpha value is -1.79. The van der Waals surface area contributed by atoms with E-state index in [0.717, 1.165) is 42.1 Å². The molecule has 128 valence electrons. The summed E-state index contributed by atoms with van der Waals surface area (Å²) in [6.07, 6.45) is 2.66. The highest BCUT2D eigenvalue weighted by Gasteiger charge is 2.30. The second-order valence-corrected chi connectivity index (χ2v) is 7.22. The third-order valence-electron chi connectivity index (χ3n) is 4.31. The number of carbonyl (C=O) groups is 1. The summed E-state index contributed by atoms with van der Waals surface area (Å²) in [4.78, 5) is 19.1. The van der Waals surface area contributed by atoms with E-state index in [9.17, 15) is 9.18 Å². The Balaban J connectivity index is 1.50. The smallest absolute Gasteiger partial charge is 0.237 e. The minimum atomic E-state index is -0.230. The summed E-state index contributed by atoms with van der Waals surface area (Å²) >= 11 is 1.63. The Kier molecular flexibility index (Phi) is 5.58. The van der Waals surface area contributed by atoms with Crippen LogP contribution in [0.15, 0.2) is 29.6 Å². The molecule has 0 aliphatic carbocycles. The van der Waals surface area contributed by atoms with Gasteiger partial charge in [0.2, 0.25) is 5.91 Å². The van der Waals surface area contributed by atoms with Crippen molar-refractivity contribution in [3.8, 4) is 0 Å². The maximum absolute atomic E-state index is 13.0. The second kappa shape index (κ2) is 7.85. The summed E-state index contributed by atoms with van der Waals surface area (Å²) in [7, 11) is 0. The zero-order valence-corrected chi connectivity index (χ0v) is 14.6. The molecule has 1 saturated heterocycles. The molecule has 0 spiro atoms. The van der Waals surface area contributed by atoms with E-state index < -0.39 is 0 Å². The molecule has 1 aromatic carbocycles. The molecular weight excluding hydrogens is 325 g/mol. The van der Waals surface area contributed by atoms with Crippen LogP contribution in [0.4, 0.5) is 4.39 Å². The molecule has 3 rings (SSSR count). The predicted octanol–water partition coefficient (Wildman–Crippen LogP) is 2.91. The van der Waals surface area contributed by atoms with Gasteiger partial charge in [-0.1, -0.05) is 12.1 Å². The van der Waals surface area contributed by atoms with Crippen LogP contribution in [-0.4, -0.2) is 34.9 Å². The lowest BCUT2D eigenvalue weighted by molar-refractivity contribution is -0.125. The summed E-state index contributed by atoms with van der Waals surface area (Å²) < 4.78 is 13.0. The van der Waals surface area contributed by atoms with Gasteiger partial charge in [0.15, 0.2) is 0 Å². The van der Waals surface area contributed by atoms with Gasteiger partial charge in [-0.25, -0.2) is 9.37 Å². The van der Waals surface area contributed by atoms with Crippen molar-refractivity contribution in [2.75, 3.05) is 13.1 Å². The van der Waals surface area contributed by atoms with Crippen molar-refractivity contribution in [2.45, 2.75) is 38.8 Å². The normalized spacial score (nSPS) is 18.0. The van der Waals surface area contributed by atoms with Crippen molar-refractivity contribution in [3.05, 3.63) is 51.7 Å². The molecule has 1 unspecified atom stereocenters. The van der Waals surface area contributed by atoms with Gasteiger partial charge in [0.25, 0.3) is 0 Å². The number of likely N-dealkylation sites (tertiary alicyclic amines) is 1. The minimum absolute atomic E-state index is 0.0848. The van der Waals surface area contributed by atoms with E-state index in [1.54, 1.807) is 23.5 Å². The van der Waals surface area contributed by atoms with Gasteiger partial charge in [-0.3, -0.25) is 9.69 Å². The van der Waals surface area contributed by atoms with E-state index >= 15 is 0 Å². The molecule has 1 atom stereocenters. The third kappa shape index (κ3) is 4.39. The van der Waals surface area contributed by atoms with E-state index in [1.165, 1.54) is 12.1 Å². The van der Waals surface area contributed by atoms with Crippen molar-refractivity contribution in [1.82, 2.24) is 15.2 Å². The van der Waals surface area contributed by atoms with Crippen molar-refractivity contribution >= 4 is 17.2 Å². The fourth-order valence-corrected chi connectivity index (χ4v) is 3.74. The number of aromatic nitrogens is 1. The van der Waals surface area contributed by atoms with Crippen LogP contribution in [0.3, 0.4) is 0 Å². The molecule has 1 fully saturated rings. The number of thiazole rings is 1. The van der Waals surface area contributed by atoms with Gasteiger partial charge < -0.3 is 5.32 Å². The number of rotatable bonds is 6. The lowest BCUT2D eigenvalue weighted by atomic mass is 10.1. The Morgan fingerprint density at radius 1 is 1.42 bits per heavy atom. The molecule has 24 heavy (non-hydrogen) atoms. The number of amides is 1. The van der Waals surface area contributed by atoms with Gasteiger partial charge in [-0.05, 0) is 44.0 Å². The number of carbonyl (C=O) groups excluding carboxylic acids is 1. The lowest BCUT2D eigenvalue weighted by Gasteiger charge is -2.23. The van der Waals surface area contributed by atoms with Crippen LogP contribution >= 0.6 is 11.3 Å². The number of nitrogens with zero attached hydrogens (tertiary/aromatic N) is 2. The van der Waals surface area contributed by atoms with Crippen LogP contribution in [0.1, 0.15) is 29.1 Å². The summed E-state index contributed by atoms with van der Waals surface area (Å²) in [5, 5.41) is 6.12. The van der Waals surface area contributed by atoms with E-state index in [0.29, 0.717) is 13.1 Å². The molecule has 0 bridgehead atoms. The largest absolute Gasteiger partial charge is 0.354 e. The lowest BCUT2D eigenvalue weighted by Crippen LogP contribution is -2.43. The second-order valence-electron chi connectivity index (χ2n) is 6.15. The summed E-state index contributed by atoms with van der Waals surface area (Å²) in [5.74, 6) is -0.145. The number of hydrogen-bond acceptors (Lipinski definition) is 4. The number of benzene rings is 1. The van der Waals surface area contributed by atoms with Gasteiger partial charge in [-0.15, -0.1) is 11.3 Å². The number of halogens is 1. The van der Waals surface area contributed by atoms with Crippen molar-refractivity contribution in [2.24, 2.45) is 0 Å². The first kappa shape index (κ1) is 17.0. The van der Waals surface area contributed by atoms with Gasteiger partial charge in [0.05, 0.1) is 16.7 Å². The highest BCUT2D eigenvalue weighted by molar-refractivity contribution is 7.09. The van der Waals surface area contributed by atoms with Gasteiger partial charge in [-0.2, -0.15) is 0 Å². The Labute approximate surface area is 145 Å². The highest BCUT2D eigenvalue weighted by atomic mass is 32.1. The number of nitrogens with one attached hydrogen (secondary N) is 1. The molecule has 1 N–H and O–H groups in total. The monoisotopic (exact) mass is 347 g/mol. The zero-order valence-electron chi connectivity index (χ0n) is 13.8. The van der Waals surface area contributed by atoms with Gasteiger partial charge in [0.1, 0.15) is 5.82 Å². The molecule has 6 heteroatoms. The Morgan fingerprint density at radius 3 is 2.92 bits per heavy atom. The highest BCUT2D eigenvalue weighted by Crippen LogP contribution is 2.20. The summed E-state index contributed by atoms with van der Waals surface area (Å²) in [6, 6.07) is 6.42. The molecule has 1 aromatic heterocycles. The third-order valence-corrected chi connectivity index (χ3v) is 5.13. The van der Waals surface area contributed by atoms with Crippen LogP contribution < -0.4 is 5.32 Å². The number of hydrogen-bond donors (Lipinski definition) is 1. The molecule has 1 amide bonds. The molecule has 1 aliphatic rings. The maximum atomic E-state index is 13.0. The maximum Gasteiger partial charge on any atom is 0.237 e. The molecule has 1 aliphatic heterocycles. The quantitative estimate of drug-likeness (QED) is 0.874. The number of aryl methyl sites for hydroxylation is 1. The first-order valence-corrected chi connectivity index (χ1v) is 9.17. The van der Waals surface area contributed by atoms with Crippen LogP contribution in [0.2, 0.25) is 0 Å². The molecule has 2 heterocycles. The van der Waals surface area contributed by atoms with Crippen molar-refractivity contribution < 1.29 is 9.18 Å². The topological polar surface area (TPSA) is 45.2 Å². The van der Waals surface area contributed by atoms with Gasteiger partial charge in [0, 0.05) is 24.9 Å². The van der Waals surface area contributed by atoms with Crippen LogP contribution in [0.25, 0.3) is 0 Å². The molecule has 2 aromatic rings. The average Bonchev–Trinajstić information content (AvgIpc) is 3.18. The molecule has 0 radical (unpaired) electrons. The van der Waals surface area contributed by atoms with Crippen molar-refractivity contribution in [1.29, 1.82) is 0 Å². The van der Waals surface area contributed by atoms with Crippen LogP contribution in [0.5, 0.6) is 0 Å². The molecular formula is C18H22FN3OS. The van der Waals surface area contributed by atoms with Crippen LogP contribution in [-0.2, 0) is 17.8 Å². The molecule has 4 nitrogen and oxygen atoms in total. The predicted molar refractivity (Wildman–Crippen MR) is 93.4 cm³/mol. The Bertz CT molecular complexity index is 686. The summed E-state index contributed by atoms with van der Waals surface area (Å²) in [5.41, 5.74) is 2.07. The van der Waals surface area contributed by atoms with Gasteiger partial charge >= 0.3 is 0 Å². The van der Waals surface area contributed by atoms with E-state index in [2.05, 4.69) is 15.2 Å². The van der Waals surface area contributed by atoms with Crippen LogP contribution in [0, 0.1) is 12.7 Å². The minimum Gasteiger partial charge on any atom is -0.354 e. The SMILES string of the molecule is Cc1nc(CCNC(=O)C2CCCN2Cc2ccc(F)cc2)cs1. The average molecular weight is 347 g/mol. The first-order chi connectivity index (χ1) is 11.6. The standard InChI is InChI=1S/C18H22FN3OS/c1-13-21-16(12-24-13)8-9-20-18(23)17-3-2-10-22(17)11-14-4-6-15(19)7-5-14/h4-7,12,17H,2-3,8-11H2,1H3,(H,20,23). The summed E-state index contributed by atoms with van der Waals surface area (Å²) in [6.45, 7) is 4.19. The Morgan fingerprint density at radius 2 is 2.21 bits per heavy atom. The zero-order chi connectivity index (χ0) is 16.9. The first-order valence-electron chi connectivity index (χ1n) is 8.29. The van der Waals surface area contributed by atoms with Crippen molar-refractivity contribution in [3.63, 3.8) is 0 Å². The van der Waals surface area contributed by atoms with E-state index in [-0.39, 0.29) is 17.8 Å². The van der Waals surface area contributed by atoms with E-state index in [1.807, 2.05) is 12.3 Å².